The van der Waals surface area contributed by atoms with Crippen LogP contribution in [0.5, 0.6) is 0 Å². The third kappa shape index (κ3) is 30.0. The van der Waals surface area contributed by atoms with Crippen molar-refractivity contribution in [2.75, 3.05) is 110 Å². The van der Waals surface area contributed by atoms with Gasteiger partial charge in [-0.2, -0.15) is 0 Å². The molecule has 27 heteroatoms. The van der Waals surface area contributed by atoms with Crippen molar-refractivity contribution in [1.82, 2.24) is 44.4 Å². The van der Waals surface area contributed by atoms with Gasteiger partial charge in [-0.05, 0) is 229 Å². The van der Waals surface area contributed by atoms with Crippen LogP contribution >= 0.6 is 34.8 Å². The molecule has 0 radical (unpaired) electrons. The standard InChI is InChI=1S/C30H39ClN4O4.C29H38ClN5O4.C26H34ClN5O2.3CH4/c1-30(2,3)39-29(38)33-27-19-22(8-13-32-27)20-34-14-9-24(10-15-34)28(37)35-16-11-23(12-17-35)26(36)18-21-4-6-25(31)7-5-21;1-3-39-29(37)32-27-19-22(8-13-31-27)20-34-14-9-24(10-15-34)28(36)35-16-11-23(12-17-35)26(33-38-2)18-21-4-6-25(30)7-5-21;1-34-30-24(16-19-2-4-23(27)5-3-19)21-9-14-32(15-10-21)26(33)22-7-12-31(13-8-22)18-20-6-11-29-25(28)17-20;;;/h4-8,13,19,23-24H,9-12,14-18,20H2,1-3H3,(H,32,33,38);4-8,13,19,23-24H,3,9-12,14-18,20H2,1-2H3,(H,31,32,37);2-6,11,17,21-22H,7-10,12-16,18H2,1H3,(H2,28,29);3*1H4/p-1/b;33-26+;30-24+;;;. The first-order chi connectivity index (χ1) is 54.0. The number of likely N-dealkylation sites (tertiary alicyclic amines) is 6. The highest BCUT2D eigenvalue weighted by Crippen LogP contribution is 2.32. The summed E-state index contributed by atoms with van der Waals surface area (Å²) >= 11 is 18.0. The van der Waals surface area contributed by atoms with Crippen molar-refractivity contribution in [3.63, 3.8) is 0 Å². The molecule has 115 heavy (non-hydrogen) atoms. The zero-order valence-electron chi connectivity index (χ0n) is 65.7. The van der Waals surface area contributed by atoms with E-state index in [0.717, 1.165) is 212 Å². The third-order valence-electron chi connectivity index (χ3n) is 21.7. The van der Waals surface area contributed by atoms with Gasteiger partial charge >= 0.3 is 6.09 Å². The third-order valence-corrected chi connectivity index (χ3v) is 22.5. The molecule has 6 saturated heterocycles. The topological polar surface area (TPSA) is 279 Å². The number of nitrogens with one attached hydrogen (secondary N) is 1. The molecule has 6 aliphatic heterocycles. The Bertz CT molecular complexity index is 4100. The number of aromatic nitrogens is 3. The van der Waals surface area contributed by atoms with E-state index in [2.05, 4.69) is 55.2 Å². The molecule has 6 fully saturated rings. The number of rotatable bonds is 23. The van der Waals surface area contributed by atoms with Gasteiger partial charge < -0.3 is 44.7 Å². The minimum absolute atomic E-state index is 0. The van der Waals surface area contributed by atoms with Crippen molar-refractivity contribution in [3.05, 3.63) is 176 Å². The molecule has 4 amide bonds. The summed E-state index contributed by atoms with van der Waals surface area (Å²) in [5.41, 5.74) is 13.8. The van der Waals surface area contributed by atoms with Crippen LogP contribution in [0.2, 0.25) is 15.1 Å². The van der Waals surface area contributed by atoms with Gasteiger partial charge in [0.2, 0.25) is 17.7 Å². The van der Waals surface area contributed by atoms with E-state index in [1.54, 1.807) is 66.6 Å². The second-order valence-electron chi connectivity index (χ2n) is 31.0. The number of carbonyl (C=O) groups excluding carboxylic acids is 5. The van der Waals surface area contributed by atoms with Gasteiger partial charge in [-0.25, -0.2) is 24.7 Å². The fourth-order valence-electron chi connectivity index (χ4n) is 15.7. The van der Waals surface area contributed by atoms with Crippen LogP contribution in [0.25, 0.3) is 0 Å². The Kier molecular flexibility index (Phi) is 38.0. The molecule has 0 unspecified atom stereocenters. The number of halogens is 3. The molecule has 3 N–H and O–H groups in total. The number of carbonyl (C=O) groups is 5. The number of aliphatic imine (C=N–C) groups is 1. The fourth-order valence-corrected chi connectivity index (χ4v) is 16.0. The average Bonchev–Trinajstić information content (AvgIpc) is 0.850. The van der Waals surface area contributed by atoms with Crippen LogP contribution in [0.3, 0.4) is 0 Å². The number of ketones is 1. The van der Waals surface area contributed by atoms with Crippen molar-refractivity contribution in [2.24, 2.45) is 50.8 Å². The molecule has 0 saturated carbocycles. The average molecular weight is 1640 g/mol. The van der Waals surface area contributed by atoms with Crippen LogP contribution in [0.1, 0.15) is 160 Å². The highest BCUT2D eigenvalue weighted by molar-refractivity contribution is 6.31. The highest BCUT2D eigenvalue weighted by Gasteiger charge is 2.36. The maximum absolute atomic E-state index is 13.3. The summed E-state index contributed by atoms with van der Waals surface area (Å²) in [7, 11) is 3.18. The van der Waals surface area contributed by atoms with Crippen LogP contribution in [-0.4, -0.2) is 196 Å². The Hall–Kier alpha value is -8.78. The molecule has 6 aromatic rings. The lowest BCUT2D eigenvalue weighted by atomic mass is 9.87. The number of hydrogen-bond acceptors (Lipinski definition) is 20. The lowest BCUT2D eigenvalue weighted by molar-refractivity contribution is -0.259. The van der Waals surface area contributed by atoms with Crippen LogP contribution in [0.15, 0.2) is 143 Å². The van der Waals surface area contributed by atoms with Crippen molar-refractivity contribution in [2.45, 2.75) is 172 Å². The van der Waals surface area contributed by atoms with E-state index in [0.29, 0.717) is 72.9 Å². The Morgan fingerprint density at radius 2 is 0.817 bits per heavy atom. The van der Waals surface area contributed by atoms with Crippen molar-refractivity contribution >= 4 is 99.4 Å². The van der Waals surface area contributed by atoms with Crippen molar-refractivity contribution < 1.29 is 48.2 Å². The molecule has 0 bridgehead atoms. The number of Topliss-reactive ketones (excluding diaryl/α,β-unsaturated/α-hetero) is 1. The van der Waals surface area contributed by atoms with E-state index < -0.39 is 17.8 Å². The maximum Gasteiger partial charge on any atom is 0.412 e. The number of amides is 4. The minimum Gasteiger partial charge on any atom is -0.594 e. The summed E-state index contributed by atoms with van der Waals surface area (Å²) in [4.78, 5) is 104. The van der Waals surface area contributed by atoms with Gasteiger partial charge in [0.25, 0.3) is 0 Å². The van der Waals surface area contributed by atoms with E-state index in [1.807, 2.05) is 113 Å². The predicted octanol–water partition coefficient (Wildman–Crippen LogP) is 15.1. The summed E-state index contributed by atoms with van der Waals surface area (Å²) in [6.45, 7) is 19.4. The first-order valence-electron chi connectivity index (χ1n) is 39.5. The minimum atomic E-state index is -0.651. The predicted molar refractivity (Wildman–Crippen MR) is 457 cm³/mol. The summed E-state index contributed by atoms with van der Waals surface area (Å²) in [5, 5.41) is 25.4. The molecule has 24 nitrogen and oxygen atoms in total. The molecule has 626 valence electrons. The Labute approximate surface area is 696 Å². The number of oxime groups is 2. The molecule has 0 spiro atoms. The molecule has 9 heterocycles. The molecular weight excluding hydrogens is 1520 g/mol. The molecule has 3 aromatic heterocycles. The largest absolute Gasteiger partial charge is 0.594 e. The maximum atomic E-state index is 13.3. The lowest BCUT2D eigenvalue weighted by Crippen LogP contribution is -2.46. The van der Waals surface area contributed by atoms with Gasteiger partial charge in [-0.1, -0.05) is 125 Å². The number of ether oxygens (including phenoxy) is 2. The molecular formula is C88H122Cl3N14O10-. The number of anilines is 2. The van der Waals surface area contributed by atoms with E-state index in [9.17, 15) is 29.1 Å². The van der Waals surface area contributed by atoms with Crippen molar-refractivity contribution in [1.29, 1.82) is 0 Å². The first kappa shape index (κ1) is 93.4. The zero-order valence-corrected chi connectivity index (χ0v) is 67.9. The quantitative estimate of drug-likeness (QED) is 0.0342. The second-order valence-corrected chi connectivity index (χ2v) is 32.3. The summed E-state index contributed by atoms with van der Waals surface area (Å²) in [5.74, 6) is 3.28. The van der Waals surface area contributed by atoms with Crippen LogP contribution < -0.4 is 16.2 Å². The number of nitrogen functional groups attached to an aromatic ring is 1. The van der Waals surface area contributed by atoms with Gasteiger partial charge in [-0.15, -0.1) is 0 Å². The number of pyridine rings is 3. The normalized spacial score (nSPS) is 17.7. The SMILES string of the molecule is C.C.C.CC(C)(C)OC([O-])=Nc1cc(CN2CCC(C(=O)N3CCC(C(=O)Cc4ccc(Cl)cc4)CC3)CC2)ccn1.CCOC(=O)Nc1cc(CN2CCC(C(=O)N3CCC(/C(Cc4ccc(Cl)cc4)=N/OC)CC3)CC2)ccn1.CO/N=C(\Cc1ccc(Cl)cc1)C1CCN(C(=O)C2CCN(Cc3ccnc(N)c3)CC2)CC1. The fraction of sp³-hybridized carbons (Fsp3) is 0.534. The monoisotopic (exact) mass is 1640 g/mol. The van der Waals surface area contributed by atoms with E-state index in [1.165, 1.54) is 11.1 Å². The summed E-state index contributed by atoms with van der Waals surface area (Å²) in [6, 6.07) is 34.6. The van der Waals surface area contributed by atoms with Crippen LogP contribution in [0.4, 0.5) is 22.2 Å². The number of nitrogens with zero attached hydrogens (tertiary/aromatic N) is 12. The number of nitrogens with two attached hydrogens (primary N) is 1. The van der Waals surface area contributed by atoms with E-state index in [4.69, 9.17) is 59.7 Å². The highest BCUT2D eigenvalue weighted by atomic mass is 35.5. The van der Waals surface area contributed by atoms with Crippen LogP contribution in [0, 0.1) is 35.5 Å². The Balaban J connectivity index is 0.000000236. The summed E-state index contributed by atoms with van der Waals surface area (Å²) < 4.78 is 10.2. The van der Waals surface area contributed by atoms with Gasteiger partial charge in [0.1, 0.15) is 31.6 Å². The Morgan fingerprint density at radius 1 is 0.470 bits per heavy atom. The lowest BCUT2D eigenvalue weighted by Gasteiger charge is -2.37. The molecule has 0 atom stereocenters. The number of piperidine rings is 6. The number of hydrogen-bond donors (Lipinski definition) is 2. The van der Waals surface area contributed by atoms with Gasteiger partial charge in [0.15, 0.2) is 11.9 Å². The van der Waals surface area contributed by atoms with Crippen LogP contribution in [-0.2, 0) is 77.2 Å². The molecule has 12 rings (SSSR count). The number of benzene rings is 3. The molecule has 3 aromatic carbocycles. The molecule has 0 aliphatic carbocycles. The molecule has 6 aliphatic rings. The smallest absolute Gasteiger partial charge is 0.412 e. The van der Waals surface area contributed by atoms with Gasteiger partial charge in [0.05, 0.1) is 18.0 Å². The summed E-state index contributed by atoms with van der Waals surface area (Å²) in [6.07, 6.45) is 16.1. The van der Waals surface area contributed by atoms with E-state index >= 15 is 0 Å². The van der Waals surface area contributed by atoms with Gasteiger partial charge in [0, 0.05) is 153 Å². The van der Waals surface area contributed by atoms with Crippen molar-refractivity contribution in [3.8, 4) is 0 Å². The van der Waals surface area contributed by atoms with Gasteiger partial charge in [-0.3, -0.25) is 39.2 Å². The second kappa shape index (κ2) is 46.8. The Morgan fingerprint density at radius 3 is 1.19 bits per heavy atom. The zero-order chi connectivity index (χ0) is 79.5. The van der Waals surface area contributed by atoms with E-state index in [-0.39, 0.29) is 63.5 Å². The first-order valence-corrected chi connectivity index (χ1v) is 40.6.